The van der Waals surface area contributed by atoms with Crippen molar-refractivity contribution in [1.29, 1.82) is 0 Å². The molecule has 108 valence electrons. The monoisotopic (exact) mass is 285 g/mol. The molecule has 0 aromatic heterocycles. The van der Waals surface area contributed by atoms with E-state index in [9.17, 15) is 10.1 Å². The maximum absolute atomic E-state index is 11.0. The first-order chi connectivity index (χ1) is 10.1. The van der Waals surface area contributed by atoms with Crippen LogP contribution in [0.3, 0.4) is 0 Å². The van der Waals surface area contributed by atoms with Gasteiger partial charge in [0.1, 0.15) is 5.75 Å². The van der Waals surface area contributed by atoms with Crippen LogP contribution in [-0.4, -0.2) is 17.7 Å². The Balaban J connectivity index is 2.23. The fourth-order valence-electron chi connectivity index (χ4n) is 1.84. The average molecular weight is 285 g/mol. The Morgan fingerprint density at radius 1 is 1.24 bits per heavy atom. The fraction of sp³-hybridized carbons (Fsp3) is 0.133. The van der Waals surface area contributed by atoms with Crippen molar-refractivity contribution in [2.75, 3.05) is 12.5 Å². The Kier molecular flexibility index (Phi) is 4.50. The van der Waals surface area contributed by atoms with Gasteiger partial charge in [-0.1, -0.05) is 18.2 Å². The lowest BCUT2D eigenvalue weighted by molar-refractivity contribution is -0.385. The van der Waals surface area contributed by atoms with Crippen LogP contribution in [0.1, 0.15) is 12.5 Å². The zero-order chi connectivity index (χ0) is 15.2. The zero-order valence-corrected chi connectivity index (χ0v) is 11.7. The number of ether oxygens (including phenoxy) is 1. The molecule has 0 heterocycles. The molecule has 0 atom stereocenters. The lowest BCUT2D eigenvalue weighted by Gasteiger charge is -2.06. The van der Waals surface area contributed by atoms with E-state index in [0.717, 1.165) is 5.69 Å². The van der Waals surface area contributed by atoms with Crippen LogP contribution in [0, 0.1) is 10.1 Å². The summed E-state index contributed by atoms with van der Waals surface area (Å²) >= 11 is 0. The quantitative estimate of drug-likeness (QED) is 0.518. The van der Waals surface area contributed by atoms with Crippen molar-refractivity contribution in [1.82, 2.24) is 0 Å². The SMILES string of the molecule is COc1cccc(N/N=C(\C)c2ccccc2[N+](=O)[O-])c1. The van der Waals surface area contributed by atoms with E-state index in [1.54, 1.807) is 38.3 Å². The molecule has 6 nitrogen and oxygen atoms in total. The molecule has 2 aromatic carbocycles. The topological polar surface area (TPSA) is 76.8 Å². The predicted octanol–water partition coefficient (Wildman–Crippen LogP) is 3.44. The third-order valence-electron chi connectivity index (χ3n) is 2.91. The Morgan fingerprint density at radius 3 is 2.71 bits per heavy atom. The van der Waals surface area contributed by atoms with Crippen LogP contribution in [0.4, 0.5) is 11.4 Å². The molecule has 2 rings (SSSR count). The van der Waals surface area contributed by atoms with Crippen LogP contribution in [0.25, 0.3) is 0 Å². The molecular weight excluding hydrogens is 270 g/mol. The number of para-hydroxylation sites is 1. The third-order valence-corrected chi connectivity index (χ3v) is 2.91. The summed E-state index contributed by atoms with van der Waals surface area (Å²) in [6, 6.07) is 13.8. The van der Waals surface area contributed by atoms with Gasteiger partial charge in [0.05, 0.1) is 29.0 Å². The van der Waals surface area contributed by atoms with Crippen LogP contribution in [0.5, 0.6) is 5.75 Å². The molecule has 0 fully saturated rings. The van der Waals surface area contributed by atoms with Gasteiger partial charge in [0.15, 0.2) is 0 Å². The second kappa shape index (κ2) is 6.51. The highest BCUT2D eigenvalue weighted by atomic mass is 16.6. The first kappa shape index (κ1) is 14.5. The van der Waals surface area contributed by atoms with Crippen molar-refractivity contribution in [3.05, 3.63) is 64.2 Å². The van der Waals surface area contributed by atoms with E-state index in [2.05, 4.69) is 10.5 Å². The molecule has 0 aliphatic heterocycles. The number of hydrazone groups is 1. The molecule has 1 N–H and O–H groups in total. The van der Waals surface area contributed by atoms with Gasteiger partial charge < -0.3 is 4.74 Å². The number of nitrogens with one attached hydrogen (secondary N) is 1. The largest absolute Gasteiger partial charge is 0.497 e. The van der Waals surface area contributed by atoms with Crippen molar-refractivity contribution in [3.63, 3.8) is 0 Å². The van der Waals surface area contributed by atoms with Crippen molar-refractivity contribution < 1.29 is 9.66 Å². The lowest BCUT2D eigenvalue weighted by Crippen LogP contribution is -2.03. The Morgan fingerprint density at radius 2 is 2.00 bits per heavy atom. The van der Waals surface area contributed by atoms with Crippen molar-refractivity contribution >= 4 is 17.1 Å². The van der Waals surface area contributed by atoms with E-state index in [-0.39, 0.29) is 5.69 Å². The first-order valence-electron chi connectivity index (χ1n) is 6.30. The van der Waals surface area contributed by atoms with Crippen LogP contribution in [-0.2, 0) is 0 Å². The second-order valence-electron chi connectivity index (χ2n) is 4.32. The average Bonchev–Trinajstić information content (AvgIpc) is 2.52. The molecule has 0 saturated heterocycles. The molecule has 0 aliphatic rings. The summed E-state index contributed by atoms with van der Waals surface area (Å²) < 4.78 is 5.12. The molecule has 0 radical (unpaired) electrons. The van der Waals surface area contributed by atoms with E-state index in [4.69, 9.17) is 4.74 Å². The molecule has 6 heteroatoms. The predicted molar refractivity (Wildman–Crippen MR) is 81.9 cm³/mol. The first-order valence-corrected chi connectivity index (χ1v) is 6.30. The summed E-state index contributed by atoms with van der Waals surface area (Å²) in [7, 11) is 1.58. The molecule has 0 aliphatic carbocycles. The highest BCUT2D eigenvalue weighted by Crippen LogP contribution is 2.20. The summed E-state index contributed by atoms with van der Waals surface area (Å²) in [5.74, 6) is 0.707. The van der Waals surface area contributed by atoms with Gasteiger partial charge in [0.2, 0.25) is 0 Å². The highest BCUT2D eigenvalue weighted by molar-refractivity contribution is 6.02. The maximum Gasteiger partial charge on any atom is 0.278 e. The molecule has 0 spiro atoms. The number of nitro groups is 1. The van der Waals surface area contributed by atoms with Gasteiger partial charge in [0, 0.05) is 12.1 Å². The van der Waals surface area contributed by atoms with Gasteiger partial charge in [-0.2, -0.15) is 5.10 Å². The summed E-state index contributed by atoms with van der Waals surface area (Å²) in [6.07, 6.45) is 0. The molecule has 0 saturated carbocycles. The van der Waals surface area contributed by atoms with Gasteiger partial charge >= 0.3 is 0 Å². The van der Waals surface area contributed by atoms with E-state index in [0.29, 0.717) is 17.0 Å². The molecular formula is C15H15N3O3. The number of benzene rings is 2. The van der Waals surface area contributed by atoms with Crippen LogP contribution >= 0.6 is 0 Å². The number of nitrogens with zero attached hydrogens (tertiary/aromatic N) is 2. The number of hydrogen-bond donors (Lipinski definition) is 1. The Labute approximate surface area is 122 Å². The fourth-order valence-corrected chi connectivity index (χ4v) is 1.84. The van der Waals surface area contributed by atoms with Crippen LogP contribution in [0.15, 0.2) is 53.6 Å². The number of hydrogen-bond acceptors (Lipinski definition) is 5. The van der Waals surface area contributed by atoms with E-state index in [1.807, 2.05) is 18.2 Å². The van der Waals surface area contributed by atoms with E-state index >= 15 is 0 Å². The van der Waals surface area contributed by atoms with Gasteiger partial charge in [-0.25, -0.2) is 0 Å². The smallest absolute Gasteiger partial charge is 0.278 e. The molecule has 0 unspecified atom stereocenters. The number of anilines is 1. The summed E-state index contributed by atoms with van der Waals surface area (Å²) in [5, 5.41) is 15.2. The van der Waals surface area contributed by atoms with Gasteiger partial charge in [0.25, 0.3) is 5.69 Å². The third kappa shape index (κ3) is 3.56. The standard InChI is InChI=1S/C15H15N3O3/c1-11(14-8-3-4-9-15(14)18(19)20)16-17-12-6-5-7-13(10-12)21-2/h3-10,17H,1-2H3/b16-11+. The van der Waals surface area contributed by atoms with E-state index in [1.165, 1.54) is 6.07 Å². The lowest BCUT2D eigenvalue weighted by atomic mass is 10.1. The van der Waals surface area contributed by atoms with Crippen molar-refractivity contribution in [2.24, 2.45) is 5.10 Å². The van der Waals surface area contributed by atoms with Gasteiger partial charge in [-0.15, -0.1) is 0 Å². The Hall–Kier alpha value is -2.89. The highest BCUT2D eigenvalue weighted by Gasteiger charge is 2.14. The zero-order valence-electron chi connectivity index (χ0n) is 11.7. The summed E-state index contributed by atoms with van der Waals surface area (Å²) in [4.78, 5) is 10.6. The van der Waals surface area contributed by atoms with Gasteiger partial charge in [-0.05, 0) is 25.1 Å². The number of rotatable bonds is 5. The molecule has 0 bridgehead atoms. The molecule has 0 amide bonds. The van der Waals surface area contributed by atoms with Gasteiger partial charge in [-0.3, -0.25) is 15.5 Å². The van der Waals surface area contributed by atoms with Crippen LogP contribution in [0.2, 0.25) is 0 Å². The number of nitro benzene ring substituents is 1. The minimum atomic E-state index is -0.417. The molecule has 21 heavy (non-hydrogen) atoms. The van der Waals surface area contributed by atoms with E-state index < -0.39 is 4.92 Å². The van der Waals surface area contributed by atoms with Crippen molar-refractivity contribution in [2.45, 2.75) is 6.92 Å². The molecule has 2 aromatic rings. The summed E-state index contributed by atoms with van der Waals surface area (Å²) in [5.41, 5.74) is 4.66. The second-order valence-corrected chi connectivity index (χ2v) is 4.32. The normalized spacial score (nSPS) is 11.0. The summed E-state index contributed by atoms with van der Waals surface area (Å²) in [6.45, 7) is 1.72. The minimum absolute atomic E-state index is 0.0335. The minimum Gasteiger partial charge on any atom is -0.497 e. The Bertz CT molecular complexity index is 683. The van der Waals surface area contributed by atoms with Crippen LogP contribution < -0.4 is 10.2 Å². The maximum atomic E-state index is 11.0. The van der Waals surface area contributed by atoms with Crippen molar-refractivity contribution in [3.8, 4) is 5.75 Å². The number of methoxy groups -OCH3 is 1.